The molecule has 5 nitrogen and oxygen atoms in total. The van der Waals surface area contributed by atoms with Crippen LogP contribution in [-0.2, 0) is 13.0 Å². The molecule has 29 heavy (non-hydrogen) atoms. The Hall–Kier alpha value is -2.70. The van der Waals surface area contributed by atoms with Crippen LogP contribution < -0.4 is 10.6 Å². The third-order valence-corrected chi connectivity index (χ3v) is 6.38. The minimum Gasteiger partial charge on any atom is -0.369 e. The van der Waals surface area contributed by atoms with E-state index in [2.05, 4.69) is 46.4 Å². The lowest BCUT2D eigenvalue weighted by atomic mass is 10.1. The van der Waals surface area contributed by atoms with Gasteiger partial charge in [-0.1, -0.05) is 31.2 Å². The summed E-state index contributed by atoms with van der Waals surface area (Å²) in [5.41, 5.74) is 10.7. The predicted molar refractivity (Wildman–Crippen MR) is 119 cm³/mol. The standard InChI is InChI=1S/C23H26N4OS/c1-2-17-3-5-19(6-4-17)23-25-20(16-29-23)15-26-11-13-27(14-12-26)21-9-7-18(8-10-21)22(24)28/h3-10,16H,2,11-15H2,1H3,(H2,24,28). The van der Waals surface area contributed by atoms with Crippen molar-refractivity contribution in [1.29, 1.82) is 0 Å². The molecule has 1 saturated heterocycles. The predicted octanol–water partition coefficient (Wildman–Crippen LogP) is 3.79. The smallest absolute Gasteiger partial charge is 0.248 e. The van der Waals surface area contributed by atoms with Crippen LogP contribution in [0.3, 0.4) is 0 Å². The van der Waals surface area contributed by atoms with Crippen LogP contribution in [0, 0.1) is 0 Å². The van der Waals surface area contributed by atoms with Crippen molar-refractivity contribution in [1.82, 2.24) is 9.88 Å². The first kappa shape index (κ1) is 19.6. The fraction of sp³-hybridized carbons (Fsp3) is 0.304. The number of primary amides is 1. The summed E-state index contributed by atoms with van der Waals surface area (Å²) in [6, 6.07) is 16.3. The lowest BCUT2D eigenvalue weighted by Crippen LogP contribution is -2.46. The van der Waals surface area contributed by atoms with Crippen LogP contribution in [0.4, 0.5) is 5.69 Å². The highest BCUT2D eigenvalue weighted by molar-refractivity contribution is 7.13. The van der Waals surface area contributed by atoms with E-state index < -0.39 is 0 Å². The molecule has 0 saturated carbocycles. The van der Waals surface area contributed by atoms with Gasteiger partial charge in [-0.2, -0.15) is 0 Å². The quantitative estimate of drug-likeness (QED) is 0.676. The van der Waals surface area contributed by atoms with Crippen LogP contribution in [0.2, 0.25) is 0 Å². The van der Waals surface area contributed by atoms with E-state index in [9.17, 15) is 4.79 Å². The van der Waals surface area contributed by atoms with E-state index >= 15 is 0 Å². The molecule has 0 spiro atoms. The number of benzene rings is 2. The van der Waals surface area contributed by atoms with E-state index in [0.29, 0.717) is 5.56 Å². The Bertz CT molecular complexity index is 957. The Labute approximate surface area is 175 Å². The Morgan fingerprint density at radius 1 is 1.03 bits per heavy atom. The number of aromatic nitrogens is 1. The van der Waals surface area contributed by atoms with Crippen molar-refractivity contribution < 1.29 is 4.79 Å². The monoisotopic (exact) mass is 406 g/mol. The molecule has 4 rings (SSSR count). The molecule has 6 heteroatoms. The summed E-state index contributed by atoms with van der Waals surface area (Å²) >= 11 is 1.72. The summed E-state index contributed by atoms with van der Waals surface area (Å²) in [5, 5.41) is 3.27. The maximum absolute atomic E-state index is 11.2. The molecule has 1 amide bonds. The van der Waals surface area contributed by atoms with Gasteiger partial charge in [0.1, 0.15) is 5.01 Å². The fourth-order valence-corrected chi connectivity index (χ4v) is 4.44. The van der Waals surface area contributed by atoms with Crippen LogP contribution in [0.15, 0.2) is 53.9 Å². The van der Waals surface area contributed by atoms with Crippen LogP contribution >= 0.6 is 11.3 Å². The number of rotatable bonds is 6. The third-order valence-electron chi connectivity index (χ3n) is 5.44. The van der Waals surface area contributed by atoms with Gasteiger partial charge in [0, 0.05) is 54.9 Å². The molecular formula is C23H26N4OS. The number of nitrogens with two attached hydrogens (primary N) is 1. The SMILES string of the molecule is CCc1ccc(-c2nc(CN3CCN(c4ccc(C(N)=O)cc4)CC3)cs2)cc1. The van der Waals surface area contributed by atoms with Crippen molar-refractivity contribution >= 4 is 22.9 Å². The second-order valence-corrected chi connectivity index (χ2v) is 8.23. The Balaban J connectivity index is 1.32. The van der Waals surface area contributed by atoms with Crippen molar-refractivity contribution in [2.24, 2.45) is 5.73 Å². The zero-order chi connectivity index (χ0) is 20.2. The average Bonchev–Trinajstić information content (AvgIpc) is 3.23. The highest BCUT2D eigenvalue weighted by Gasteiger charge is 2.18. The van der Waals surface area contributed by atoms with Gasteiger partial charge in [-0.05, 0) is 36.2 Å². The van der Waals surface area contributed by atoms with Gasteiger partial charge in [0.15, 0.2) is 0 Å². The minimum absolute atomic E-state index is 0.384. The van der Waals surface area contributed by atoms with Crippen LogP contribution in [0.25, 0.3) is 10.6 Å². The number of anilines is 1. The number of amides is 1. The largest absolute Gasteiger partial charge is 0.369 e. The summed E-state index contributed by atoms with van der Waals surface area (Å²) in [6.07, 6.45) is 1.06. The van der Waals surface area contributed by atoms with Gasteiger partial charge < -0.3 is 10.6 Å². The topological polar surface area (TPSA) is 62.5 Å². The summed E-state index contributed by atoms with van der Waals surface area (Å²) in [4.78, 5) is 20.9. The summed E-state index contributed by atoms with van der Waals surface area (Å²) in [5.74, 6) is -0.384. The van der Waals surface area contributed by atoms with E-state index in [-0.39, 0.29) is 5.91 Å². The number of aryl methyl sites for hydroxylation is 1. The van der Waals surface area contributed by atoms with Crippen LogP contribution in [0.1, 0.15) is 28.5 Å². The van der Waals surface area contributed by atoms with Gasteiger partial charge in [-0.25, -0.2) is 4.98 Å². The molecule has 1 aliphatic heterocycles. The Morgan fingerprint density at radius 3 is 2.34 bits per heavy atom. The normalized spacial score (nSPS) is 14.9. The Kier molecular flexibility index (Phi) is 5.92. The highest BCUT2D eigenvalue weighted by atomic mass is 32.1. The van der Waals surface area contributed by atoms with Crippen molar-refractivity contribution in [3.8, 4) is 10.6 Å². The number of thiazole rings is 1. The number of nitrogens with zero attached hydrogens (tertiary/aromatic N) is 3. The van der Waals surface area contributed by atoms with Crippen molar-refractivity contribution in [2.45, 2.75) is 19.9 Å². The number of hydrogen-bond acceptors (Lipinski definition) is 5. The van der Waals surface area contributed by atoms with E-state index in [1.807, 2.05) is 12.1 Å². The molecule has 0 aliphatic carbocycles. The lowest BCUT2D eigenvalue weighted by Gasteiger charge is -2.35. The fourth-order valence-electron chi connectivity index (χ4n) is 3.63. The number of carbonyl (C=O) groups excluding carboxylic acids is 1. The van der Waals surface area contributed by atoms with Gasteiger partial charge in [0.2, 0.25) is 5.91 Å². The van der Waals surface area contributed by atoms with Crippen molar-refractivity contribution in [3.05, 3.63) is 70.7 Å². The second-order valence-electron chi connectivity index (χ2n) is 7.37. The summed E-state index contributed by atoms with van der Waals surface area (Å²) < 4.78 is 0. The zero-order valence-electron chi connectivity index (χ0n) is 16.7. The molecule has 2 heterocycles. The maximum atomic E-state index is 11.2. The maximum Gasteiger partial charge on any atom is 0.248 e. The average molecular weight is 407 g/mol. The highest BCUT2D eigenvalue weighted by Crippen LogP contribution is 2.25. The van der Waals surface area contributed by atoms with Gasteiger partial charge >= 0.3 is 0 Å². The first-order valence-corrected chi connectivity index (χ1v) is 10.9. The molecule has 2 aromatic carbocycles. The van der Waals surface area contributed by atoms with Gasteiger partial charge in [-0.15, -0.1) is 11.3 Å². The van der Waals surface area contributed by atoms with Crippen molar-refractivity contribution in [2.75, 3.05) is 31.1 Å². The molecular weight excluding hydrogens is 380 g/mol. The zero-order valence-corrected chi connectivity index (χ0v) is 17.5. The second kappa shape index (κ2) is 8.76. The van der Waals surface area contributed by atoms with Gasteiger partial charge in [-0.3, -0.25) is 9.69 Å². The summed E-state index contributed by atoms with van der Waals surface area (Å²) in [7, 11) is 0. The van der Waals surface area contributed by atoms with Crippen LogP contribution in [-0.4, -0.2) is 42.0 Å². The Morgan fingerprint density at radius 2 is 1.72 bits per heavy atom. The summed E-state index contributed by atoms with van der Waals surface area (Å²) in [6.45, 7) is 6.98. The van der Waals surface area contributed by atoms with Crippen molar-refractivity contribution in [3.63, 3.8) is 0 Å². The third kappa shape index (κ3) is 4.66. The number of piperazine rings is 1. The molecule has 0 bridgehead atoms. The number of carbonyl (C=O) groups is 1. The molecule has 0 atom stereocenters. The van der Waals surface area contributed by atoms with Gasteiger partial charge in [0.05, 0.1) is 5.69 Å². The van der Waals surface area contributed by atoms with E-state index in [0.717, 1.165) is 55.5 Å². The molecule has 0 unspecified atom stereocenters. The molecule has 1 aromatic heterocycles. The molecule has 2 N–H and O–H groups in total. The molecule has 3 aromatic rings. The first-order chi connectivity index (χ1) is 14.1. The van der Waals surface area contributed by atoms with E-state index in [1.54, 1.807) is 23.5 Å². The molecule has 1 fully saturated rings. The minimum atomic E-state index is -0.384. The lowest BCUT2D eigenvalue weighted by molar-refractivity contribution is 0.100. The molecule has 1 aliphatic rings. The van der Waals surface area contributed by atoms with E-state index in [1.165, 1.54) is 11.1 Å². The van der Waals surface area contributed by atoms with Crippen LogP contribution in [0.5, 0.6) is 0 Å². The van der Waals surface area contributed by atoms with E-state index in [4.69, 9.17) is 10.7 Å². The van der Waals surface area contributed by atoms with Gasteiger partial charge in [0.25, 0.3) is 0 Å². The molecule has 0 radical (unpaired) electrons. The first-order valence-electron chi connectivity index (χ1n) is 10.0. The number of hydrogen-bond donors (Lipinski definition) is 1. The molecule has 150 valence electrons.